The lowest BCUT2D eigenvalue weighted by molar-refractivity contribution is 0.414. The molecule has 70 valence electrons. The molecule has 0 spiro atoms. The molecule has 0 aliphatic heterocycles. The smallest absolute Gasteiger partial charge is 0.138 e. The molecule has 1 saturated carbocycles. The fourth-order valence-electron chi connectivity index (χ4n) is 1.60. The van der Waals surface area contributed by atoms with Gasteiger partial charge in [0.1, 0.15) is 5.75 Å². The Morgan fingerprint density at radius 2 is 2.08 bits per heavy atom. The zero-order chi connectivity index (χ0) is 9.42. The third kappa shape index (κ3) is 1.66. The lowest BCUT2D eigenvalue weighted by atomic mass is 10.1. The predicted octanol–water partition coefficient (Wildman–Crippen LogP) is 3.53. The number of ether oxygens (including phenoxy) is 1. The molecule has 0 unspecified atom stereocenters. The molecular weight excluding hydrogens is 184 g/mol. The van der Waals surface area contributed by atoms with Crippen LogP contribution in [0.1, 0.15) is 29.9 Å². The molecule has 0 bridgehead atoms. The molecule has 1 aliphatic rings. The van der Waals surface area contributed by atoms with Gasteiger partial charge in [-0.2, -0.15) is 0 Å². The summed E-state index contributed by atoms with van der Waals surface area (Å²) in [4.78, 5) is 0. The first-order valence-corrected chi connectivity index (χ1v) is 4.94. The molecule has 1 aromatic carbocycles. The first kappa shape index (κ1) is 8.89. The molecule has 2 heteroatoms. The van der Waals surface area contributed by atoms with Crippen molar-refractivity contribution in [2.75, 3.05) is 7.11 Å². The second-order valence-electron chi connectivity index (χ2n) is 3.64. The molecule has 1 aromatic rings. The van der Waals surface area contributed by atoms with Crippen LogP contribution in [0.25, 0.3) is 0 Å². The van der Waals surface area contributed by atoms with Crippen LogP contribution < -0.4 is 4.74 Å². The summed E-state index contributed by atoms with van der Waals surface area (Å²) in [7, 11) is 1.66. The largest absolute Gasteiger partial charge is 0.495 e. The molecule has 0 aromatic heterocycles. The summed E-state index contributed by atoms with van der Waals surface area (Å²) in [6.45, 7) is 2.07. The normalized spacial score (nSPS) is 15.9. The molecule has 0 saturated heterocycles. The second kappa shape index (κ2) is 3.22. The summed E-state index contributed by atoms with van der Waals surface area (Å²) in [5.41, 5.74) is 2.49. The van der Waals surface area contributed by atoms with Gasteiger partial charge in [-0.15, -0.1) is 0 Å². The molecule has 13 heavy (non-hydrogen) atoms. The van der Waals surface area contributed by atoms with Gasteiger partial charge in [-0.1, -0.05) is 17.7 Å². The van der Waals surface area contributed by atoms with Crippen molar-refractivity contribution in [2.45, 2.75) is 25.7 Å². The summed E-state index contributed by atoms with van der Waals surface area (Å²) in [5.74, 6) is 1.49. The van der Waals surface area contributed by atoms with Gasteiger partial charge in [-0.25, -0.2) is 0 Å². The lowest BCUT2D eigenvalue weighted by Gasteiger charge is -2.09. The fraction of sp³-hybridized carbons (Fsp3) is 0.455. The Kier molecular flexibility index (Phi) is 2.20. The highest BCUT2D eigenvalue weighted by Gasteiger charge is 2.27. The Morgan fingerprint density at radius 1 is 1.38 bits per heavy atom. The molecule has 1 fully saturated rings. The molecule has 0 atom stereocenters. The van der Waals surface area contributed by atoms with Crippen molar-refractivity contribution in [3.63, 3.8) is 0 Å². The molecule has 0 heterocycles. The first-order valence-electron chi connectivity index (χ1n) is 4.56. The zero-order valence-corrected chi connectivity index (χ0v) is 8.69. The SMILES string of the molecule is COc1cc(C)cc(C2CC2)c1Cl. The standard InChI is InChI=1S/C11H13ClO/c1-7-5-9(8-3-4-8)11(12)10(6-7)13-2/h5-6,8H,3-4H2,1-2H3. The molecule has 0 amide bonds. The molecule has 1 nitrogen and oxygen atoms in total. The van der Waals surface area contributed by atoms with Crippen LogP contribution in [0.2, 0.25) is 5.02 Å². The number of hydrogen-bond donors (Lipinski definition) is 0. The van der Waals surface area contributed by atoms with E-state index in [-0.39, 0.29) is 0 Å². The van der Waals surface area contributed by atoms with Crippen LogP contribution in [-0.4, -0.2) is 7.11 Å². The lowest BCUT2D eigenvalue weighted by Crippen LogP contribution is -1.90. The minimum Gasteiger partial charge on any atom is -0.495 e. The minimum atomic E-state index is 0.682. The summed E-state index contributed by atoms with van der Waals surface area (Å²) >= 11 is 6.19. The maximum Gasteiger partial charge on any atom is 0.138 e. The Hall–Kier alpha value is -0.690. The van der Waals surface area contributed by atoms with Gasteiger partial charge in [-0.05, 0) is 42.9 Å². The number of rotatable bonds is 2. The van der Waals surface area contributed by atoms with Gasteiger partial charge in [0.05, 0.1) is 12.1 Å². The van der Waals surface area contributed by atoms with Crippen LogP contribution in [0.3, 0.4) is 0 Å². The highest BCUT2D eigenvalue weighted by atomic mass is 35.5. The van der Waals surface area contributed by atoms with E-state index in [1.165, 1.54) is 24.0 Å². The van der Waals surface area contributed by atoms with Crippen molar-refractivity contribution in [3.8, 4) is 5.75 Å². The monoisotopic (exact) mass is 196 g/mol. The van der Waals surface area contributed by atoms with Gasteiger partial charge < -0.3 is 4.74 Å². The van der Waals surface area contributed by atoms with Crippen LogP contribution in [0.4, 0.5) is 0 Å². The van der Waals surface area contributed by atoms with Crippen LogP contribution in [-0.2, 0) is 0 Å². The average molecular weight is 197 g/mol. The van der Waals surface area contributed by atoms with Crippen LogP contribution >= 0.6 is 11.6 Å². The maximum absolute atomic E-state index is 6.19. The molecule has 2 rings (SSSR count). The van der Waals surface area contributed by atoms with E-state index < -0.39 is 0 Å². The number of benzene rings is 1. The third-order valence-corrected chi connectivity index (χ3v) is 2.85. The average Bonchev–Trinajstić information content (AvgIpc) is 2.91. The van der Waals surface area contributed by atoms with Crippen LogP contribution in [0.5, 0.6) is 5.75 Å². The van der Waals surface area contributed by atoms with Gasteiger partial charge in [0, 0.05) is 0 Å². The van der Waals surface area contributed by atoms with E-state index in [1.807, 2.05) is 6.07 Å². The summed E-state index contributed by atoms with van der Waals surface area (Å²) in [5, 5.41) is 0.801. The van der Waals surface area contributed by atoms with E-state index in [0.29, 0.717) is 5.92 Å². The molecule has 0 N–H and O–H groups in total. The second-order valence-corrected chi connectivity index (χ2v) is 4.02. The molecular formula is C11H13ClO. The fourth-order valence-corrected chi connectivity index (χ4v) is 1.94. The van der Waals surface area contributed by atoms with E-state index in [4.69, 9.17) is 16.3 Å². The van der Waals surface area contributed by atoms with Gasteiger partial charge >= 0.3 is 0 Å². The van der Waals surface area contributed by atoms with E-state index >= 15 is 0 Å². The Morgan fingerprint density at radius 3 is 2.62 bits per heavy atom. The zero-order valence-electron chi connectivity index (χ0n) is 7.93. The topological polar surface area (TPSA) is 9.23 Å². The van der Waals surface area contributed by atoms with E-state index in [9.17, 15) is 0 Å². The Balaban J connectivity index is 2.47. The van der Waals surface area contributed by atoms with E-state index in [2.05, 4.69) is 13.0 Å². The summed E-state index contributed by atoms with van der Waals surface area (Å²) in [6.07, 6.45) is 2.54. The number of methoxy groups -OCH3 is 1. The maximum atomic E-state index is 6.19. The molecule has 0 radical (unpaired) electrons. The summed E-state index contributed by atoms with van der Waals surface area (Å²) in [6, 6.07) is 4.15. The van der Waals surface area contributed by atoms with Gasteiger partial charge in [0.2, 0.25) is 0 Å². The summed E-state index contributed by atoms with van der Waals surface area (Å²) < 4.78 is 5.21. The third-order valence-electron chi connectivity index (χ3n) is 2.45. The highest BCUT2D eigenvalue weighted by molar-refractivity contribution is 6.33. The number of aryl methyl sites for hydroxylation is 1. The van der Waals surface area contributed by atoms with Gasteiger partial charge in [0.25, 0.3) is 0 Å². The van der Waals surface area contributed by atoms with Crippen LogP contribution in [0.15, 0.2) is 12.1 Å². The van der Waals surface area contributed by atoms with Crippen molar-refractivity contribution in [1.82, 2.24) is 0 Å². The van der Waals surface area contributed by atoms with Crippen molar-refractivity contribution in [1.29, 1.82) is 0 Å². The van der Waals surface area contributed by atoms with Crippen molar-refractivity contribution in [3.05, 3.63) is 28.3 Å². The molecule has 1 aliphatic carbocycles. The van der Waals surface area contributed by atoms with Crippen molar-refractivity contribution >= 4 is 11.6 Å². The Labute approximate surface area is 83.7 Å². The Bertz CT molecular complexity index is 329. The van der Waals surface area contributed by atoms with Crippen molar-refractivity contribution in [2.24, 2.45) is 0 Å². The number of hydrogen-bond acceptors (Lipinski definition) is 1. The van der Waals surface area contributed by atoms with Crippen molar-refractivity contribution < 1.29 is 4.74 Å². The first-order chi connectivity index (χ1) is 6.22. The highest BCUT2D eigenvalue weighted by Crippen LogP contribution is 2.46. The van der Waals surface area contributed by atoms with Crippen LogP contribution in [0, 0.1) is 6.92 Å². The number of halogens is 1. The van der Waals surface area contributed by atoms with Gasteiger partial charge in [0.15, 0.2) is 0 Å². The van der Waals surface area contributed by atoms with E-state index in [0.717, 1.165) is 10.8 Å². The minimum absolute atomic E-state index is 0.682. The predicted molar refractivity (Wildman–Crippen MR) is 54.7 cm³/mol. The quantitative estimate of drug-likeness (QED) is 0.703. The van der Waals surface area contributed by atoms with E-state index in [1.54, 1.807) is 7.11 Å². The van der Waals surface area contributed by atoms with Gasteiger partial charge in [-0.3, -0.25) is 0 Å².